The topological polar surface area (TPSA) is 43.9 Å². The van der Waals surface area contributed by atoms with Crippen molar-refractivity contribution in [1.29, 1.82) is 0 Å². The van der Waals surface area contributed by atoms with Crippen LogP contribution in [0.3, 0.4) is 0 Å². The van der Waals surface area contributed by atoms with Gasteiger partial charge < -0.3 is 4.42 Å². The van der Waals surface area contributed by atoms with Crippen LogP contribution >= 0.6 is 11.8 Å². The molecule has 1 aliphatic heterocycles. The zero-order valence-corrected chi connectivity index (χ0v) is 30.7. The van der Waals surface area contributed by atoms with E-state index in [9.17, 15) is 0 Å². The zero-order valence-electron chi connectivity index (χ0n) is 29.9. The average Bonchev–Trinajstić information content (AvgIpc) is 3.89. The van der Waals surface area contributed by atoms with Gasteiger partial charge in [-0.05, 0) is 86.6 Å². The second-order valence-electron chi connectivity index (χ2n) is 14.9. The molecule has 5 heteroatoms. The van der Waals surface area contributed by atoms with Crippen LogP contribution < -0.4 is 0 Å². The molecule has 260 valence electrons. The van der Waals surface area contributed by atoms with E-state index in [4.69, 9.17) is 14.4 Å². The molecule has 2 aliphatic rings. The van der Waals surface area contributed by atoms with Crippen LogP contribution in [-0.2, 0) is 5.41 Å². The highest BCUT2D eigenvalue weighted by molar-refractivity contribution is 7.99. The smallest absolute Gasteiger partial charge is 0.236 e. The molecule has 0 radical (unpaired) electrons. The second kappa shape index (κ2) is 11.1. The van der Waals surface area contributed by atoms with E-state index in [0.29, 0.717) is 11.5 Å². The highest BCUT2D eigenvalue weighted by atomic mass is 32.2. The van der Waals surface area contributed by atoms with Crippen LogP contribution in [-0.4, -0.2) is 14.5 Å². The van der Waals surface area contributed by atoms with Crippen molar-refractivity contribution in [3.05, 3.63) is 198 Å². The van der Waals surface area contributed by atoms with Crippen molar-refractivity contribution in [3.8, 4) is 28.3 Å². The maximum Gasteiger partial charge on any atom is 0.236 e. The van der Waals surface area contributed by atoms with Crippen molar-refractivity contribution in [3.63, 3.8) is 0 Å². The predicted molar refractivity (Wildman–Crippen MR) is 228 cm³/mol. The Hall–Kier alpha value is -6.95. The van der Waals surface area contributed by atoms with Gasteiger partial charge in [-0.1, -0.05) is 145 Å². The molecule has 1 spiro atoms. The highest BCUT2D eigenvalue weighted by Crippen LogP contribution is 2.62. The molecule has 3 aromatic heterocycles. The molecule has 4 nitrogen and oxygen atoms in total. The Morgan fingerprint density at radius 3 is 2.00 bits per heavy atom. The lowest BCUT2D eigenvalue weighted by Crippen LogP contribution is -2.32. The van der Waals surface area contributed by atoms with Crippen LogP contribution in [0.1, 0.15) is 22.3 Å². The third-order valence-corrected chi connectivity index (χ3v) is 13.2. The Bertz CT molecular complexity index is 3440. The first-order valence-corrected chi connectivity index (χ1v) is 19.8. The van der Waals surface area contributed by atoms with Crippen LogP contribution in [0.5, 0.6) is 0 Å². The molecule has 0 N–H and O–H groups in total. The third kappa shape index (κ3) is 3.90. The van der Waals surface area contributed by atoms with Crippen molar-refractivity contribution in [2.24, 2.45) is 0 Å². The van der Waals surface area contributed by atoms with Gasteiger partial charge in [0.2, 0.25) is 5.95 Å². The largest absolute Gasteiger partial charge is 0.452 e. The van der Waals surface area contributed by atoms with E-state index in [1.807, 2.05) is 30.0 Å². The van der Waals surface area contributed by atoms with E-state index in [-0.39, 0.29) is 0 Å². The van der Waals surface area contributed by atoms with E-state index in [1.54, 1.807) is 0 Å². The fourth-order valence-electron chi connectivity index (χ4n) is 9.74. The summed E-state index contributed by atoms with van der Waals surface area (Å²) in [5.74, 6) is 0.617. The van der Waals surface area contributed by atoms with Crippen LogP contribution in [0.2, 0.25) is 0 Å². The van der Waals surface area contributed by atoms with Gasteiger partial charge in [-0.3, -0.25) is 4.57 Å². The van der Waals surface area contributed by atoms with Gasteiger partial charge in [0.15, 0.2) is 5.58 Å². The number of furan rings is 1. The summed E-state index contributed by atoms with van der Waals surface area (Å²) in [6.07, 6.45) is 0. The van der Waals surface area contributed by atoms with Gasteiger partial charge in [0, 0.05) is 31.5 Å². The summed E-state index contributed by atoms with van der Waals surface area (Å²) in [6, 6.07) is 63.7. The summed E-state index contributed by atoms with van der Waals surface area (Å²) in [6.45, 7) is 0. The molecule has 13 rings (SSSR count). The van der Waals surface area contributed by atoms with Crippen molar-refractivity contribution in [2.75, 3.05) is 0 Å². The molecule has 4 heterocycles. The van der Waals surface area contributed by atoms with Gasteiger partial charge in [0.05, 0.1) is 16.4 Å². The minimum atomic E-state index is -0.462. The summed E-state index contributed by atoms with van der Waals surface area (Å²) in [5, 5.41) is 5.64. The molecule has 0 atom stereocenters. The van der Waals surface area contributed by atoms with E-state index in [0.717, 1.165) is 49.5 Å². The van der Waals surface area contributed by atoms with Crippen LogP contribution in [0.25, 0.3) is 83.0 Å². The monoisotopic (exact) mass is 731 g/mol. The van der Waals surface area contributed by atoms with Crippen LogP contribution in [0.15, 0.2) is 190 Å². The molecule has 0 saturated carbocycles. The van der Waals surface area contributed by atoms with Gasteiger partial charge in [0.1, 0.15) is 16.8 Å². The maximum atomic E-state index is 6.58. The van der Waals surface area contributed by atoms with Crippen LogP contribution in [0.4, 0.5) is 0 Å². The lowest BCUT2D eigenvalue weighted by Gasteiger charge is -2.39. The Labute approximate surface area is 325 Å². The Kier molecular flexibility index (Phi) is 6.00. The lowest BCUT2D eigenvalue weighted by molar-refractivity contribution is 0.666. The normalized spacial score (nSPS) is 13.8. The van der Waals surface area contributed by atoms with Crippen molar-refractivity contribution in [2.45, 2.75) is 15.2 Å². The lowest BCUT2D eigenvalue weighted by atomic mass is 9.67. The molecular weight excluding hydrogens is 703 g/mol. The van der Waals surface area contributed by atoms with E-state index >= 15 is 0 Å². The number of benzene rings is 8. The molecule has 11 aromatic rings. The van der Waals surface area contributed by atoms with Gasteiger partial charge in [-0.2, -0.15) is 0 Å². The minimum absolute atomic E-state index is 0.462. The minimum Gasteiger partial charge on any atom is -0.452 e. The fraction of sp³-hybridized carbons (Fsp3) is 0.0196. The van der Waals surface area contributed by atoms with Gasteiger partial charge in [0.25, 0.3) is 0 Å². The van der Waals surface area contributed by atoms with E-state index in [2.05, 4.69) is 162 Å². The maximum absolute atomic E-state index is 6.58. The number of rotatable bonds is 2. The summed E-state index contributed by atoms with van der Waals surface area (Å²) >= 11 is 1.86. The standard InChI is InChI=1S/C51H29N3OS/c1-2-14-31-27-32(26-25-30(31)13-1)47-49-48(36-18-6-11-23-44(36)55-49)53-50(52-47)54-42-22-10-5-17-35(42)37-28-41-46(29-43(37)54)56-45-24-12-9-21-40(45)51(41)38-19-7-3-15-33(38)34-16-4-8-20-39(34)51/h1-29H. The first-order chi connectivity index (χ1) is 27.8. The number of para-hydroxylation sites is 2. The van der Waals surface area contributed by atoms with E-state index in [1.165, 1.54) is 53.9 Å². The molecule has 1 aliphatic carbocycles. The number of hydrogen-bond donors (Lipinski definition) is 0. The Balaban J connectivity index is 1.14. The molecule has 8 aromatic carbocycles. The number of nitrogens with zero attached hydrogens (tertiary/aromatic N) is 3. The second-order valence-corrected chi connectivity index (χ2v) is 16.0. The molecule has 56 heavy (non-hydrogen) atoms. The van der Waals surface area contributed by atoms with Crippen molar-refractivity contribution >= 4 is 66.4 Å². The Morgan fingerprint density at radius 1 is 0.482 bits per heavy atom. The molecule has 0 amide bonds. The first kappa shape index (κ1) is 30.4. The van der Waals surface area contributed by atoms with Gasteiger partial charge >= 0.3 is 0 Å². The zero-order chi connectivity index (χ0) is 36.5. The predicted octanol–water partition coefficient (Wildman–Crippen LogP) is 13.1. The Morgan fingerprint density at radius 2 is 1.16 bits per heavy atom. The fourth-order valence-corrected chi connectivity index (χ4v) is 11.0. The highest BCUT2D eigenvalue weighted by Gasteiger charge is 2.50. The molecule has 0 bridgehead atoms. The number of aromatic nitrogens is 3. The molecular formula is C51H29N3OS. The van der Waals surface area contributed by atoms with Crippen molar-refractivity contribution < 1.29 is 4.42 Å². The van der Waals surface area contributed by atoms with E-state index < -0.39 is 5.41 Å². The first-order valence-electron chi connectivity index (χ1n) is 19.0. The summed E-state index contributed by atoms with van der Waals surface area (Å²) in [4.78, 5) is 13.3. The third-order valence-electron chi connectivity index (χ3n) is 12.1. The molecule has 0 unspecified atom stereocenters. The van der Waals surface area contributed by atoms with Crippen molar-refractivity contribution in [1.82, 2.24) is 14.5 Å². The number of hydrogen-bond acceptors (Lipinski definition) is 4. The average molecular weight is 732 g/mol. The summed E-state index contributed by atoms with van der Waals surface area (Å²) in [5.41, 5.74) is 13.6. The number of fused-ring (bicyclic) bond motifs is 16. The summed E-state index contributed by atoms with van der Waals surface area (Å²) < 4.78 is 8.84. The quantitative estimate of drug-likeness (QED) is 0.178. The van der Waals surface area contributed by atoms with Gasteiger partial charge in [-0.15, -0.1) is 0 Å². The molecule has 0 saturated heterocycles. The van der Waals surface area contributed by atoms with Crippen LogP contribution in [0, 0.1) is 0 Å². The molecule has 0 fully saturated rings. The SMILES string of the molecule is c1ccc2c(c1)Sc1cc3c(cc1C21c2ccccc2-c2ccccc21)c1ccccc1n3-c1nc(-c2ccc3ccccc3c2)c2oc3ccccc3c2n1. The summed E-state index contributed by atoms with van der Waals surface area (Å²) in [7, 11) is 0. The van der Waals surface area contributed by atoms with Gasteiger partial charge in [-0.25, -0.2) is 9.97 Å².